The number of nitrogens with zero attached hydrogens (tertiary/aromatic N) is 3. The molecule has 0 heterocycles. The van der Waals surface area contributed by atoms with Crippen molar-refractivity contribution in [1.29, 1.82) is 0 Å². The van der Waals surface area contributed by atoms with E-state index in [1.807, 2.05) is 0 Å². The van der Waals surface area contributed by atoms with Gasteiger partial charge in [0.25, 0.3) is 0 Å². The normalized spacial score (nSPS) is 12.5. The molecule has 0 radical (unpaired) electrons. The second-order valence-electron chi connectivity index (χ2n) is 7.70. The minimum atomic E-state index is 0. The van der Waals surface area contributed by atoms with Gasteiger partial charge in [-0.2, -0.15) is 0 Å². The molecule has 0 bridgehead atoms. The van der Waals surface area contributed by atoms with Crippen molar-refractivity contribution in [2.75, 3.05) is 52.1 Å². The predicted octanol–water partition coefficient (Wildman–Crippen LogP) is 4.88. The minimum absolute atomic E-state index is 0. The van der Waals surface area contributed by atoms with E-state index in [1.165, 1.54) is 39.4 Å². The van der Waals surface area contributed by atoms with Crippen molar-refractivity contribution in [1.82, 2.24) is 0 Å². The van der Waals surface area contributed by atoms with E-state index in [0.29, 0.717) is 0 Å². The molecular formula is C25H31ClN3+. The summed E-state index contributed by atoms with van der Waals surface area (Å²) in [6.45, 7) is 0. The summed E-state index contributed by atoms with van der Waals surface area (Å²) in [5.41, 5.74) is 8.53. The average Bonchev–Trinajstić information content (AvgIpc) is 2.69. The van der Waals surface area contributed by atoms with Gasteiger partial charge in [-0.05, 0) is 58.7 Å². The molecule has 2 aromatic carbocycles. The fourth-order valence-electron chi connectivity index (χ4n) is 3.28. The Hall–Kier alpha value is -2.78. The van der Waals surface area contributed by atoms with Gasteiger partial charge in [0.05, 0.1) is 0 Å². The highest BCUT2D eigenvalue weighted by Crippen LogP contribution is 2.31. The number of allylic oxidation sites excluding steroid dienone is 5. The second kappa shape index (κ2) is 9.62. The zero-order valence-corrected chi connectivity index (χ0v) is 19.0. The summed E-state index contributed by atoms with van der Waals surface area (Å²) in [5.74, 6) is 0. The Morgan fingerprint density at radius 3 is 1.31 bits per heavy atom. The van der Waals surface area contributed by atoms with Crippen LogP contribution in [0.3, 0.4) is 0 Å². The summed E-state index contributed by atoms with van der Waals surface area (Å²) < 4.78 is 2.13. The van der Waals surface area contributed by atoms with Crippen LogP contribution in [0.15, 0.2) is 78.4 Å². The number of anilines is 2. The Bertz CT molecular complexity index is 885. The lowest BCUT2D eigenvalue weighted by atomic mass is 9.90. The molecule has 3 nitrogen and oxygen atoms in total. The highest BCUT2D eigenvalue weighted by molar-refractivity contribution is 6.04. The molecule has 2 aromatic rings. The molecule has 1 aliphatic carbocycles. The van der Waals surface area contributed by atoms with Crippen molar-refractivity contribution in [2.24, 2.45) is 0 Å². The van der Waals surface area contributed by atoms with E-state index in [2.05, 4.69) is 129 Å². The lowest BCUT2D eigenvalue weighted by Crippen LogP contribution is -2.10. The van der Waals surface area contributed by atoms with E-state index < -0.39 is 0 Å². The maximum atomic E-state index is 2.21. The number of hydrogen-bond acceptors (Lipinski definition) is 2. The summed E-state index contributed by atoms with van der Waals surface area (Å²) in [4.78, 5) is 4.25. The molecule has 0 aliphatic heterocycles. The Labute approximate surface area is 181 Å². The third-order valence-corrected chi connectivity index (χ3v) is 5.02. The van der Waals surface area contributed by atoms with E-state index in [0.717, 1.165) is 0 Å². The molecule has 0 saturated heterocycles. The Balaban J connectivity index is 0.00000300. The van der Waals surface area contributed by atoms with Crippen LogP contribution < -0.4 is 9.80 Å². The molecule has 4 heteroatoms. The van der Waals surface area contributed by atoms with Crippen LogP contribution >= 0.6 is 12.4 Å². The van der Waals surface area contributed by atoms with Gasteiger partial charge in [-0.1, -0.05) is 24.3 Å². The quantitative estimate of drug-likeness (QED) is 0.667. The molecule has 1 aliphatic rings. The fraction of sp³-hybridized carbons (Fsp3) is 0.240. The predicted molar refractivity (Wildman–Crippen MR) is 130 cm³/mol. The van der Waals surface area contributed by atoms with Crippen LogP contribution in [0.1, 0.15) is 11.1 Å². The van der Waals surface area contributed by atoms with Gasteiger partial charge in [-0.3, -0.25) is 0 Å². The number of halogens is 1. The van der Waals surface area contributed by atoms with Crippen molar-refractivity contribution < 1.29 is 4.58 Å². The van der Waals surface area contributed by atoms with E-state index in [9.17, 15) is 0 Å². The topological polar surface area (TPSA) is 9.49 Å². The lowest BCUT2D eigenvalue weighted by Gasteiger charge is -2.18. The van der Waals surface area contributed by atoms with Gasteiger partial charge >= 0.3 is 0 Å². The average molecular weight is 409 g/mol. The van der Waals surface area contributed by atoms with Gasteiger partial charge in [-0.15, -0.1) is 12.4 Å². The molecule has 29 heavy (non-hydrogen) atoms. The van der Waals surface area contributed by atoms with Gasteiger partial charge in [0.15, 0.2) is 5.71 Å². The molecular weight excluding hydrogens is 378 g/mol. The van der Waals surface area contributed by atoms with Crippen LogP contribution in [-0.2, 0) is 0 Å². The summed E-state index contributed by atoms with van der Waals surface area (Å²) in [6, 6.07) is 17.6. The first-order chi connectivity index (χ1) is 13.4. The molecule has 0 unspecified atom stereocenters. The molecule has 0 saturated carbocycles. The monoisotopic (exact) mass is 408 g/mol. The highest BCUT2D eigenvalue weighted by Gasteiger charge is 2.13. The first kappa shape index (κ1) is 22.5. The Morgan fingerprint density at radius 1 is 0.621 bits per heavy atom. The van der Waals surface area contributed by atoms with Crippen molar-refractivity contribution in [3.63, 3.8) is 0 Å². The summed E-state index contributed by atoms with van der Waals surface area (Å²) in [5, 5.41) is 0. The van der Waals surface area contributed by atoms with E-state index in [1.54, 1.807) is 0 Å². The number of benzene rings is 2. The third-order valence-electron chi connectivity index (χ3n) is 5.02. The zero-order valence-electron chi connectivity index (χ0n) is 18.2. The minimum Gasteiger partial charge on any atom is -0.378 e. The van der Waals surface area contributed by atoms with Crippen molar-refractivity contribution in [2.45, 2.75) is 0 Å². The van der Waals surface area contributed by atoms with E-state index in [4.69, 9.17) is 0 Å². The standard InChI is InChI=1S/C25H30N3.ClH/c1-26(2)22-13-7-19(8-14-22)25(20-9-15-23(16-10-20)27(3)4)21-11-17-24(18-12-21)28(5)6;/h7-18H,1-6H3;1H/q+1;. The van der Waals surface area contributed by atoms with E-state index in [-0.39, 0.29) is 12.4 Å². The first-order valence-electron chi connectivity index (χ1n) is 9.57. The van der Waals surface area contributed by atoms with Gasteiger partial charge < -0.3 is 9.80 Å². The van der Waals surface area contributed by atoms with Crippen LogP contribution in [-0.4, -0.2) is 52.6 Å². The summed E-state index contributed by atoms with van der Waals surface area (Å²) >= 11 is 0. The smallest absolute Gasteiger partial charge is 0.199 e. The fourth-order valence-corrected chi connectivity index (χ4v) is 3.28. The first-order valence-corrected chi connectivity index (χ1v) is 9.57. The zero-order chi connectivity index (χ0) is 20.3. The molecule has 0 N–H and O–H groups in total. The maximum absolute atomic E-state index is 2.21. The van der Waals surface area contributed by atoms with Crippen LogP contribution in [0, 0.1) is 0 Å². The summed E-state index contributed by atoms with van der Waals surface area (Å²) in [7, 11) is 12.4. The van der Waals surface area contributed by atoms with Crippen molar-refractivity contribution in [3.05, 3.63) is 89.5 Å². The molecule has 0 atom stereocenters. The highest BCUT2D eigenvalue weighted by atomic mass is 35.5. The van der Waals surface area contributed by atoms with Gasteiger partial charge in [0.1, 0.15) is 14.1 Å². The molecule has 152 valence electrons. The largest absolute Gasteiger partial charge is 0.378 e. The number of hydrogen-bond donors (Lipinski definition) is 0. The number of rotatable bonds is 4. The Kier molecular flexibility index (Phi) is 7.46. The van der Waals surface area contributed by atoms with Crippen molar-refractivity contribution in [3.8, 4) is 0 Å². The second-order valence-corrected chi connectivity index (χ2v) is 7.70. The third kappa shape index (κ3) is 5.18. The van der Waals surface area contributed by atoms with Crippen LogP contribution in [0.2, 0.25) is 0 Å². The molecule has 0 amide bonds. The van der Waals surface area contributed by atoms with E-state index >= 15 is 0 Å². The molecule has 3 rings (SSSR count). The molecule has 0 spiro atoms. The SMILES string of the molecule is CN(C)c1ccc(C(=C2C=CC(=[N+](C)C)C=C2)c2ccc(N(C)C)cc2)cc1.Cl. The lowest BCUT2D eigenvalue weighted by molar-refractivity contribution is -0.462. The van der Waals surface area contributed by atoms with Gasteiger partial charge in [-0.25, -0.2) is 4.58 Å². The molecule has 0 fully saturated rings. The van der Waals surface area contributed by atoms with Gasteiger partial charge in [0.2, 0.25) is 0 Å². The maximum Gasteiger partial charge on any atom is 0.199 e. The van der Waals surface area contributed by atoms with Crippen LogP contribution in [0.5, 0.6) is 0 Å². The van der Waals surface area contributed by atoms with Crippen molar-refractivity contribution >= 4 is 35.1 Å². The Morgan fingerprint density at radius 2 is 1.00 bits per heavy atom. The van der Waals surface area contributed by atoms with Gasteiger partial charge in [0, 0.05) is 51.7 Å². The molecule has 0 aromatic heterocycles. The summed E-state index contributed by atoms with van der Waals surface area (Å²) in [6.07, 6.45) is 8.78. The van der Waals surface area contributed by atoms with Crippen LogP contribution in [0.25, 0.3) is 5.57 Å². The van der Waals surface area contributed by atoms with Crippen LogP contribution in [0.4, 0.5) is 11.4 Å².